The molecule has 4 heteroatoms. The van der Waals surface area contributed by atoms with Crippen LogP contribution in [-0.4, -0.2) is 30.3 Å². The van der Waals surface area contributed by atoms with E-state index in [1.165, 1.54) is 29.9 Å². The number of hydrogen-bond acceptors (Lipinski definition) is 4. The predicted octanol–water partition coefficient (Wildman–Crippen LogP) is 3.23. The lowest BCUT2D eigenvalue weighted by Gasteiger charge is -2.41. The number of thioether (sulfide) groups is 1. The first kappa shape index (κ1) is 13.5. The second-order valence-electron chi connectivity index (χ2n) is 5.68. The third-order valence-electron chi connectivity index (χ3n) is 4.40. The molecule has 0 aliphatic carbocycles. The van der Waals surface area contributed by atoms with Crippen LogP contribution in [0.3, 0.4) is 0 Å². The molecule has 106 valence electrons. The highest BCUT2D eigenvalue weighted by molar-refractivity contribution is 7.99. The monoisotopic (exact) mass is 281 g/mol. The van der Waals surface area contributed by atoms with Crippen LogP contribution in [0.4, 0.5) is 0 Å². The Labute approximate surface area is 119 Å². The van der Waals surface area contributed by atoms with Gasteiger partial charge in [-0.25, -0.2) is 0 Å². The first-order valence-electron chi connectivity index (χ1n) is 7.30. The molecule has 3 atom stereocenters. The van der Waals surface area contributed by atoms with Crippen molar-refractivity contribution in [1.82, 2.24) is 5.32 Å². The van der Waals surface area contributed by atoms with E-state index in [0.717, 1.165) is 19.6 Å². The maximum atomic E-state index is 6.13. The van der Waals surface area contributed by atoms with Crippen molar-refractivity contribution in [3.8, 4) is 0 Å². The van der Waals surface area contributed by atoms with E-state index in [4.69, 9.17) is 9.15 Å². The normalized spacial score (nSPS) is 32.8. The Balaban J connectivity index is 1.74. The Morgan fingerprint density at radius 3 is 3.21 bits per heavy atom. The van der Waals surface area contributed by atoms with Crippen LogP contribution in [0, 0.1) is 5.92 Å². The van der Waals surface area contributed by atoms with Gasteiger partial charge in [0.2, 0.25) is 0 Å². The molecule has 2 saturated heterocycles. The van der Waals surface area contributed by atoms with Crippen molar-refractivity contribution in [1.29, 1.82) is 0 Å². The Kier molecular flexibility index (Phi) is 4.20. The molecule has 1 N–H and O–H groups in total. The topological polar surface area (TPSA) is 34.4 Å². The molecule has 0 radical (unpaired) electrons. The summed E-state index contributed by atoms with van der Waals surface area (Å²) in [6.45, 7) is 4.08. The number of hydrogen-bond donors (Lipinski definition) is 1. The molecular weight excluding hydrogens is 258 g/mol. The third-order valence-corrected chi connectivity index (χ3v) is 5.62. The van der Waals surface area contributed by atoms with E-state index < -0.39 is 0 Å². The standard InChI is InChI=1S/C15H23NO2S/c1-2-16-14(13-3-6-17-10-13)12-4-7-18-15(9-12)5-8-19-11-15/h3,6,10,12,14,16H,2,4-5,7-9,11H2,1H3. The van der Waals surface area contributed by atoms with Crippen LogP contribution >= 0.6 is 11.8 Å². The van der Waals surface area contributed by atoms with Gasteiger partial charge in [-0.15, -0.1) is 0 Å². The zero-order chi connectivity index (χ0) is 13.1. The lowest BCUT2D eigenvalue weighted by molar-refractivity contribution is -0.0853. The summed E-state index contributed by atoms with van der Waals surface area (Å²) in [5.41, 5.74) is 1.44. The fourth-order valence-corrected chi connectivity index (χ4v) is 4.82. The summed E-state index contributed by atoms with van der Waals surface area (Å²) in [6, 6.07) is 2.51. The van der Waals surface area contributed by atoms with E-state index in [0.29, 0.717) is 12.0 Å². The highest BCUT2D eigenvalue weighted by Gasteiger charge is 2.42. The van der Waals surface area contributed by atoms with Crippen LogP contribution in [0.5, 0.6) is 0 Å². The summed E-state index contributed by atoms with van der Waals surface area (Å²) < 4.78 is 11.4. The van der Waals surface area contributed by atoms with E-state index in [2.05, 4.69) is 18.3 Å². The Morgan fingerprint density at radius 2 is 2.53 bits per heavy atom. The second kappa shape index (κ2) is 5.90. The van der Waals surface area contributed by atoms with Gasteiger partial charge in [0.15, 0.2) is 0 Å². The van der Waals surface area contributed by atoms with Crippen molar-refractivity contribution in [3.63, 3.8) is 0 Å². The van der Waals surface area contributed by atoms with Gasteiger partial charge in [-0.1, -0.05) is 6.92 Å². The fraction of sp³-hybridized carbons (Fsp3) is 0.733. The van der Waals surface area contributed by atoms with Gasteiger partial charge in [0.25, 0.3) is 0 Å². The van der Waals surface area contributed by atoms with Crippen LogP contribution in [0.1, 0.15) is 37.8 Å². The summed E-state index contributed by atoms with van der Waals surface area (Å²) in [6.07, 6.45) is 7.22. The molecular formula is C15H23NO2S. The molecule has 1 aromatic heterocycles. The van der Waals surface area contributed by atoms with Crippen LogP contribution < -0.4 is 5.32 Å². The molecule has 2 aliphatic rings. The molecule has 19 heavy (non-hydrogen) atoms. The maximum absolute atomic E-state index is 6.13. The molecule has 1 aromatic rings. The SMILES string of the molecule is CCNC(c1ccoc1)C1CCOC2(CCSC2)C1. The average molecular weight is 281 g/mol. The summed E-state index contributed by atoms with van der Waals surface area (Å²) in [5, 5.41) is 3.64. The van der Waals surface area contributed by atoms with Crippen LogP contribution in [0.2, 0.25) is 0 Å². The van der Waals surface area contributed by atoms with E-state index in [1.54, 1.807) is 6.26 Å². The minimum Gasteiger partial charge on any atom is -0.472 e. The Hall–Kier alpha value is -0.450. The van der Waals surface area contributed by atoms with Gasteiger partial charge in [0.05, 0.1) is 18.1 Å². The summed E-state index contributed by atoms with van der Waals surface area (Å²) in [5.74, 6) is 3.09. The van der Waals surface area contributed by atoms with Crippen LogP contribution in [-0.2, 0) is 4.74 Å². The van der Waals surface area contributed by atoms with Gasteiger partial charge in [-0.2, -0.15) is 11.8 Å². The first-order valence-corrected chi connectivity index (χ1v) is 8.46. The van der Waals surface area contributed by atoms with E-state index in [9.17, 15) is 0 Å². The minimum absolute atomic E-state index is 0.158. The molecule has 0 amide bonds. The highest BCUT2D eigenvalue weighted by atomic mass is 32.2. The molecule has 1 spiro atoms. The lowest BCUT2D eigenvalue weighted by Crippen LogP contribution is -2.43. The number of rotatable bonds is 4. The van der Waals surface area contributed by atoms with Crippen molar-refractivity contribution in [3.05, 3.63) is 24.2 Å². The van der Waals surface area contributed by atoms with Gasteiger partial charge in [0, 0.05) is 24.0 Å². The molecule has 3 heterocycles. The lowest BCUT2D eigenvalue weighted by atomic mass is 9.79. The highest BCUT2D eigenvalue weighted by Crippen LogP contribution is 2.44. The molecule has 0 saturated carbocycles. The smallest absolute Gasteiger partial charge is 0.0950 e. The maximum Gasteiger partial charge on any atom is 0.0950 e. The van der Waals surface area contributed by atoms with Gasteiger partial charge in [-0.05, 0) is 43.5 Å². The Morgan fingerprint density at radius 1 is 1.58 bits per heavy atom. The van der Waals surface area contributed by atoms with Gasteiger partial charge in [-0.3, -0.25) is 0 Å². The zero-order valence-corrected chi connectivity index (χ0v) is 12.4. The fourth-order valence-electron chi connectivity index (χ4n) is 3.44. The molecule has 0 aromatic carbocycles. The van der Waals surface area contributed by atoms with Crippen LogP contribution in [0.25, 0.3) is 0 Å². The van der Waals surface area contributed by atoms with Crippen molar-refractivity contribution >= 4 is 11.8 Å². The molecule has 0 bridgehead atoms. The van der Waals surface area contributed by atoms with E-state index >= 15 is 0 Å². The number of ether oxygens (including phenoxy) is 1. The van der Waals surface area contributed by atoms with Crippen molar-refractivity contribution in [2.45, 2.75) is 37.8 Å². The van der Waals surface area contributed by atoms with Crippen molar-refractivity contribution in [2.75, 3.05) is 24.7 Å². The van der Waals surface area contributed by atoms with Gasteiger partial charge >= 0.3 is 0 Å². The molecule has 3 unspecified atom stereocenters. The third kappa shape index (κ3) is 2.86. The van der Waals surface area contributed by atoms with Crippen LogP contribution in [0.15, 0.2) is 23.0 Å². The van der Waals surface area contributed by atoms with Crippen molar-refractivity contribution < 1.29 is 9.15 Å². The minimum atomic E-state index is 0.158. The summed E-state index contributed by atoms with van der Waals surface area (Å²) in [7, 11) is 0. The zero-order valence-electron chi connectivity index (χ0n) is 11.6. The van der Waals surface area contributed by atoms with E-state index in [1.807, 2.05) is 18.0 Å². The first-order chi connectivity index (χ1) is 9.33. The average Bonchev–Trinajstić information content (AvgIpc) is 3.08. The molecule has 2 aliphatic heterocycles. The number of furan rings is 1. The Bertz CT molecular complexity index is 387. The predicted molar refractivity (Wildman–Crippen MR) is 78.5 cm³/mol. The molecule has 3 rings (SSSR count). The molecule has 3 nitrogen and oxygen atoms in total. The van der Waals surface area contributed by atoms with E-state index in [-0.39, 0.29) is 5.60 Å². The summed E-state index contributed by atoms with van der Waals surface area (Å²) in [4.78, 5) is 0. The quantitative estimate of drug-likeness (QED) is 0.919. The number of nitrogens with one attached hydrogen (secondary N) is 1. The largest absolute Gasteiger partial charge is 0.472 e. The second-order valence-corrected chi connectivity index (χ2v) is 6.78. The molecule has 2 fully saturated rings. The van der Waals surface area contributed by atoms with Gasteiger partial charge < -0.3 is 14.5 Å². The summed E-state index contributed by atoms with van der Waals surface area (Å²) >= 11 is 2.04. The van der Waals surface area contributed by atoms with Gasteiger partial charge in [0.1, 0.15) is 0 Å². The van der Waals surface area contributed by atoms with Crippen molar-refractivity contribution in [2.24, 2.45) is 5.92 Å².